The van der Waals surface area contributed by atoms with Gasteiger partial charge in [-0.15, -0.1) is 0 Å². The molecule has 0 spiro atoms. The molecule has 0 radical (unpaired) electrons. The van der Waals surface area contributed by atoms with Crippen LogP contribution in [0.4, 0.5) is 0 Å². The average molecular weight is 173 g/mol. The van der Waals surface area contributed by atoms with Gasteiger partial charge in [0, 0.05) is 13.1 Å². The molecular weight excluding hydrogens is 158 g/mol. The van der Waals surface area contributed by atoms with Gasteiger partial charge in [-0.2, -0.15) is 0 Å². The molecule has 0 bridgehead atoms. The van der Waals surface area contributed by atoms with E-state index in [0.29, 0.717) is 19.5 Å². The summed E-state index contributed by atoms with van der Waals surface area (Å²) >= 11 is 0. The summed E-state index contributed by atoms with van der Waals surface area (Å²) < 4.78 is 0. The summed E-state index contributed by atoms with van der Waals surface area (Å²) in [5, 5.41) is 5.11. The summed E-state index contributed by atoms with van der Waals surface area (Å²) in [6.07, 6.45) is 1.35. The van der Waals surface area contributed by atoms with Crippen LogP contribution in [0.3, 0.4) is 0 Å². The van der Waals surface area contributed by atoms with E-state index in [1.807, 2.05) is 0 Å². The highest BCUT2D eigenvalue weighted by Crippen LogP contribution is 1.76. The summed E-state index contributed by atoms with van der Waals surface area (Å²) in [6.45, 7) is 2.74. The number of nitrogens with two attached hydrogens (primary N) is 1. The third-order valence-corrected chi connectivity index (χ3v) is 1.29. The summed E-state index contributed by atoms with van der Waals surface area (Å²) in [5.74, 6) is -0.166. The second kappa shape index (κ2) is 6.60. The standard InChI is InChI=1S/C7H15N3O2/c1-6(8)7(12)10-4-2-3-9-5-11/h5-6H,2-4,8H2,1H3,(H,9,11)(H,10,12). The molecular formula is C7H15N3O2. The number of hydrogen-bond acceptors (Lipinski definition) is 3. The molecule has 0 aliphatic heterocycles. The highest BCUT2D eigenvalue weighted by Gasteiger charge is 2.04. The lowest BCUT2D eigenvalue weighted by atomic mass is 10.3. The molecule has 0 aromatic carbocycles. The normalized spacial score (nSPS) is 11.8. The number of carbonyl (C=O) groups excluding carboxylic acids is 2. The number of carbonyl (C=O) groups is 2. The van der Waals surface area contributed by atoms with Gasteiger partial charge in [0.15, 0.2) is 0 Å². The van der Waals surface area contributed by atoms with Crippen LogP contribution in [-0.2, 0) is 9.59 Å². The van der Waals surface area contributed by atoms with E-state index in [-0.39, 0.29) is 5.91 Å². The molecule has 4 N–H and O–H groups in total. The van der Waals surface area contributed by atoms with Crippen LogP contribution in [0.15, 0.2) is 0 Å². The van der Waals surface area contributed by atoms with Gasteiger partial charge in [-0.1, -0.05) is 0 Å². The minimum atomic E-state index is -0.468. The zero-order valence-corrected chi connectivity index (χ0v) is 7.17. The summed E-state index contributed by atoms with van der Waals surface area (Å²) in [5.41, 5.74) is 5.29. The van der Waals surface area contributed by atoms with Crippen molar-refractivity contribution in [3.63, 3.8) is 0 Å². The van der Waals surface area contributed by atoms with Crippen molar-refractivity contribution >= 4 is 12.3 Å². The van der Waals surface area contributed by atoms with Crippen molar-refractivity contribution in [2.45, 2.75) is 19.4 Å². The monoisotopic (exact) mass is 173 g/mol. The van der Waals surface area contributed by atoms with Crippen LogP contribution < -0.4 is 16.4 Å². The fraction of sp³-hybridized carbons (Fsp3) is 0.714. The van der Waals surface area contributed by atoms with Crippen LogP contribution in [0.2, 0.25) is 0 Å². The molecule has 0 rings (SSSR count). The van der Waals surface area contributed by atoms with Crippen molar-refractivity contribution in [2.24, 2.45) is 5.73 Å². The largest absolute Gasteiger partial charge is 0.359 e. The smallest absolute Gasteiger partial charge is 0.236 e. The van der Waals surface area contributed by atoms with Crippen molar-refractivity contribution in [1.29, 1.82) is 0 Å². The molecule has 0 aromatic rings. The van der Waals surface area contributed by atoms with Gasteiger partial charge in [-0.05, 0) is 13.3 Å². The first-order chi connectivity index (χ1) is 5.68. The second-order valence-corrected chi connectivity index (χ2v) is 2.51. The molecule has 0 aromatic heterocycles. The Morgan fingerprint density at radius 2 is 2.25 bits per heavy atom. The van der Waals surface area contributed by atoms with E-state index < -0.39 is 6.04 Å². The summed E-state index contributed by atoms with van der Waals surface area (Å²) in [4.78, 5) is 20.6. The predicted molar refractivity (Wildman–Crippen MR) is 45.3 cm³/mol. The molecule has 0 aliphatic carbocycles. The Labute approximate surface area is 71.7 Å². The zero-order valence-electron chi connectivity index (χ0n) is 7.17. The van der Waals surface area contributed by atoms with E-state index in [2.05, 4.69) is 10.6 Å². The van der Waals surface area contributed by atoms with Gasteiger partial charge in [0.25, 0.3) is 0 Å². The number of nitrogens with one attached hydrogen (secondary N) is 2. The highest BCUT2D eigenvalue weighted by molar-refractivity contribution is 5.80. The van der Waals surface area contributed by atoms with Gasteiger partial charge in [-0.25, -0.2) is 0 Å². The van der Waals surface area contributed by atoms with Crippen LogP contribution in [-0.4, -0.2) is 31.4 Å². The molecule has 0 saturated heterocycles. The molecule has 0 saturated carbocycles. The van der Waals surface area contributed by atoms with Crippen LogP contribution in [0.25, 0.3) is 0 Å². The maximum atomic E-state index is 10.8. The number of rotatable bonds is 6. The number of hydrogen-bond donors (Lipinski definition) is 3. The molecule has 5 nitrogen and oxygen atoms in total. The fourth-order valence-electron chi connectivity index (χ4n) is 0.622. The first-order valence-corrected chi connectivity index (χ1v) is 3.88. The van der Waals surface area contributed by atoms with E-state index in [0.717, 1.165) is 6.42 Å². The van der Waals surface area contributed by atoms with Gasteiger partial charge in [0.05, 0.1) is 6.04 Å². The topological polar surface area (TPSA) is 84.2 Å². The summed E-state index contributed by atoms with van der Waals surface area (Å²) in [6, 6.07) is -0.468. The van der Waals surface area contributed by atoms with Crippen LogP contribution in [0.1, 0.15) is 13.3 Å². The lowest BCUT2D eigenvalue weighted by Gasteiger charge is -2.06. The maximum Gasteiger partial charge on any atom is 0.236 e. The van der Waals surface area contributed by atoms with Crippen molar-refractivity contribution in [2.75, 3.05) is 13.1 Å². The van der Waals surface area contributed by atoms with E-state index in [1.165, 1.54) is 0 Å². The first kappa shape index (κ1) is 10.9. The maximum absolute atomic E-state index is 10.8. The molecule has 0 aliphatic rings. The van der Waals surface area contributed by atoms with Crippen molar-refractivity contribution < 1.29 is 9.59 Å². The van der Waals surface area contributed by atoms with Crippen molar-refractivity contribution in [1.82, 2.24) is 10.6 Å². The molecule has 1 atom stereocenters. The van der Waals surface area contributed by atoms with Gasteiger partial charge in [-0.3, -0.25) is 9.59 Å². The Morgan fingerprint density at radius 1 is 1.58 bits per heavy atom. The highest BCUT2D eigenvalue weighted by atomic mass is 16.2. The molecule has 12 heavy (non-hydrogen) atoms. The third kappa shape index (κ3) is 5.67. The zero-order chi connectivity index (χ0) is 9.40. The molecule has 2 amide bonds. The Hall–Kier alpha value is -1.10. The van der Waals surface area contributed by atoms with E-state index >= 15 is 0 Å². The first-order valence-electron chi connectivity index (χ1n) is 3.88. The fourth-order valence-corrected chi connectivity index (χ4v) is 0.622. The molecule has 0 heterocycles. The van der Waals surface area contributed by atoms with Gasteiger partial charge in [0.1, 0.15) is 0 Å². The summed E-state index contributed by atoms with van der Waals surface area (Å²) in [7, 11) is 0. The van der Waals surface area contributed by atoms with Gasteiger partial charge < -0.3 is 16.4 Å². The molecule has 0 fully saturated rings. The quantitative estimate of drug-likeness (QED) is 0.340. The predicted octanol–water partition coefficient (Wildman–Crippen LogP) is -1.41. The van der Waals surface area contributed by atoms with E-state index in [1.54, 1.807) is 6.92 Å². The molecule has 70 valence electrons. The SMILES string of the molecule is CC(N)C(=O)NCCCNC=O. The lowest BCUT2D eigenvalue weighted by molar-refractivity contribution is -0.121. The molecule has 1 unspecified atom stereocenters. The van der Waals surface area contributed by atoms with Crippen molar-refractivity contribution in [3.05, 3.63) is 0 Å². The van der Waals surface area contributed by atoms with Crippen LogP contribution in [0.5, 0.6) is 0 Å². The Morgan fingerprint density at radius 3 is 2.75 bits per heavy atom. The second-order valence-electron chi connectivity index (χ2n) is 2.51. The van der Waals surface area contributed by atoms with Gasteiger partial charge >= 0.3 is 0 Å². The Bertz CT molecular complexity index is 148. The van der Waals surface area contributed by atoms with Crippen molar-refractivity contribution in [3.8, 4) is 0 Å². The lowest BCUT2D eigenvalue weighted by Crippen LogP contribution is -2.39. The minimum absolute atomic E-state index is 0.166. The Kier molecular flexibility index (Phi) is 6.00. The molecule has 5 heteroatoms. The van der Waals surface area contributed by atoms with Gasteiger partial charge in [0.2, 0.25) is 12.3 Å². The van der Waals surface area contributed by atoms with Crippen LogP contribution in [0, 0.1) is 0 Å². The minimum Gasteiger partial charge on any atom is -0.359 e. The van der Waals surface area contributed by atoms with E-state index in [9.17, 15) is 9.59 Å². The Balaban J connectivity index is 3.19. The van der Waals surface area contributed by atoms with E-state index in [4.69, 9.17) is 5.73 Å². The third-order valence-electron chi connectivity index (χ3n) is 1.29. The number of amides is 2. The van der Waals surface area contributed by atoms with Crippen LogP contribution >= 0.6 is 0 Å². The average Bonchev–Trinajstić information content (AvgIpc) is 2.03.